The summed E-state index contributed by atoms with van der Waals surface area (Å²) in [6, 6.07) is 8.82. The van der Waals surface area contributed by atoms with Gasteiger partial charge in [-0.3, -0.25) is 9.59 Å². The van der Waals surface area contributed by atoms with E-state index in [4.69, 9.17) is 5.11 Å². The maximum atomic E-state index is 12.1. The van der Waals surface area contributed by atoms with Gasteiger partial charge in [0.2, 0.25) is 0 Å². The molecule has 0 amide bonds. The molecule has 0 bridgehead atoms. The number of β-amino-alcohol motifs (C(OH)–C–C–N with tert-alkyl or cyclic N) is 1. The third-order valence-electron chi connectivity index (χ3n) is 3.13. The lowest BCUT2D eigenvalue weighted by Crippen LogP contribution is -2.28. The lowest BCUT2D eigenvalue weighted by atomic mass is 10.00. The molecular weight excluding hydrogens is 334 g/mol. The van der Waals surface area contributed by atoms with Crippen LogP contribution < -0.4 is 0 Å². The second kappa shape index (κ2) is 8.54. The van der Waals surface area contributed by atoms with Crippen molar-refractivity contribution < 1.29 is 14.7 Å². The first kappa shape index (κ1) is 17.3. The lowest BCUT2D eigenvalue weighted by molar-refractivity contribution is -0.115. The number of hydrogen-bond donors (Lipinski definition) is 1. The van der Waals surface area contributed by atoms with Crippen LogP contribution in [0.25, 0.3) is 0 Å². The summed E-state index contributed by atoms with van der Waals surface area (Å²) in [6.45, 7) is 0.959. The highest BCUT2D eigenvalue weighted by molar-refractivity contribution is 8.93. The van der Waals surface area contributed by atoms with E-state index in [9.17, 15) is 9.59 Å². The van der Waals surface area contributed by atoms with Crippen molar-refractivity contribution in [1.29, 1.82) is 0 Å². The smallest absolute Gasteiger partial charge is 0.170 e. The van der Waals surface area contributed by atoms with Gasteiger partial charge in [0, 0.05) is 24.2 Å². The number of hydrogen-bond acceptors (Lipinski definition) is 4. The Balaban J connectivity index is 0.00000220. The molecule has 2 rings (SSSR count). The van der Waals surface area contributed by atoms with Gasteiger partial charge in [0.1, 0.15) is 0 Å². The van der Waals surface area contributed by atoms with Crippen LogP contribution in [0.3, 0.4) is 0 Å². The minimum absolute atomic E-state index is 0. The first-order chi connectivity index (χ1) is 9.70. The molecule has 1 aliphatic heterocycles. The van der Waals surface area contributed by atoms with Crippen LogP contribution in [-0.2, 0) is 4.79 Å². The van der Waals surface area contributed by atoms with Crippen molar-refractivity contribution in [3.05, 3.63) is 59.8 Å². The lowest BCUT2D eigenvalue weighted by Gasteiger charge is -2.23. The molecule has 1 aliphatic rings. The topological polar surface area (TPSA) is 57.6 Å². The molecule has 1 aromatic rings. The zero-order valence-electron chi connectivity index (χ0n) is 11.6. The van der Waals surface area contributed by atoms with Gasteiger partial charge >= 0.3 is 0 Å². The van der Waals surface area contributed by atoms with Crippen molar-refractivity contribution in [3.63, 3.8) is 0 Å². The number of ketones is 2. The highest BCUT2D eigenvalue weighted by atomic mass is 79.9. The van der Waals surface area contributed by atoms with Crippen molar-refractivity contribution in [2.24, 2.45) is 0 Å². The molecule has 0 saturated heterocycles. The van der Waals surface area contributed by atoms with E-state index in [1.807, 2.05) is 17.2 Å². The zero-order valence-corrected chi connectivity index (χ0v) is 13.3. The molecule has 0 unspecified atom stereocenters. The Morgan fingerprint density at radius 3 is 2.52 bits per heavy atom. The van der Waals surface area contributed by atoms with Crippen LogP contribution in [0.2, 0.25) is 0 Å². The zero-order chi connectivity index (χ0) is 14.4. The summed E-state index contributed by atoms with van der Waals surface area (Å²) in [5.74, 6) is -0.328. The normalized spacial score (nSPS) is 13.4. The van der Waals surface area contributed by atoms with Crippen molar-refractivity contribution >= 4 is 28.5 Å². The molecule has 21 heavy (non-hydrogen) atoms. The van der Waals surface area contributed by atoms with Crippen LogP contribution in [-0.4, -0.2) is 41.3 Å². The van der Waals surface area contributed by atoms with Crippen molar-refractivity contribution in [3.8, 4) is 0 Å². The number of aliphatic hydroxyl groups excluding tert-OH is 1. The maximum Gasteiger partial charge on any atom is 0.170 e. The Kier molecular flexibility index (Phi) is 7.05. The van der Waals surface area contributed by atoms with Gasteiger partial charge in [-0.05, 0) is 12.3 Å². The molecule has 0 spiro atoms. The molecule has 0 radical (unpaired) electrons. The van der Waals surface area contributed by atoms with Crippen LogP contribution in [0.5, 0.6) is 0 Å². The Labute approximate surface area is 134 Å². The first-order valence-corrected chi connectivity index (χ1v) is 6.54. The molecule has 0 fully saturated rings. The summed E-state index contributed by atoms with van der Waals surface area (Å²) in [4.78, 5) is 26.0. The van der Waals surface area contributed by atoms with Gasteiger partial charge in [-0.15, -0.1) is 17.0 Å². The molecule has 0 atom stereocenters. The molecule has 1 heterocycles. The van der Waals surface area contributed by atoms with E-state index in [2.05, 4.69) is 0 Å². The number of nitrogens with zero attached hydrogens (tertiary/aromatic N) is 1. The van der Waals surface area contributed by atoms with Gasteiger partial charge in [0.25, 0.3) is 0 Å². The van der Waals surface area contributed by atoms with Gasteiger partial charge in [-0.1, -0.05) is 36.4 Å². The third-order valence-corrected chi connectivity index (χ3v) is 3.13. The number of carbonyl (C=O) groups is 2. The van der Waals surface area contributed by atoms with E-state index >= 15 is 0 Å². The average molecular weight is 352 g/mol. The first-order valence-electron chi connectivity index (χ1n) is 6.54. The van der Waals surface area contributed by atoms with E-state index in [-0.39, 0.29) is 41.6 Å². The Bertz CT molecular complexity index is 552. The van der Waals surface area contributed by atoms with Crippen molar-refractivity contribution in [2.45, 2.75) is 6.42 Å². The summed E-state index contributed by atoms with van der Waals surface area (Å²) in [5.41, 5.74) is 1.16. The van der Waals surface area contributed by atoms with Gasteiger partial charge in [-0.25, -0.2) is 0 Å². The van der Waals surface area contributed by atoms with Crippen molar-refractivity contribution in [1.82, 2.24) is 4.90 Å². The molecule has 4 nitrogen and oxygen atoms in total. The monoisotopic (exact) mass is 351 g/mol. The van der Waals surface area contributed by atoms with Gasteiger partial charge in [0.05, 0.1) is 13.0 Å². The molecule has 5 heteroatoms. The van der Waals surface area contributed by atoms with Crippen LogP contribution in [0.15, 0.2) is 54.3 Å². The highest BCUT2D eigenvalue weighted by Crippen LogP contribution is 2.12. The van der Waals surface area contributed by atoms with Gasteiger partial charge in [-0.2, -0.15) is 0 Å². The van der Waals surface area contributed by atoms with Gasteiger partial charge < -0.3 is 10.0 Å². The van der Waals surface area contributed by atoms with Crippen molar-refractivity contribution in [2.75, 3.05) is 19.7 Å². The van der Waals surface area contributed by atoms with E-state index in [0.717, 1.165) is 0 Å². The second-order valence-electron chi connectivity index (χ2n) is 4.62. The van der Waals surface area contributed by atoms with E-state index in [1.54, 1.807) is 36.4 Å². The maximum absolute atomic E-state index is 12.1. The minimum Gasteiger partial charge on any atom is -0.395 e. The van der Waals surface area contributed by atoms with Crippen LogP contribution in [0, 0.1) is 0 Å². The molecule has 0 saturated carbocycles. The highest BCUT2D eigenvalue weighted by Gasteiger charge is 2.18. The minimum atomic E-state index is -0.167. The second-order valence-corrected chi connectivity index (χ2v) is 4.62. The van der Waals surface area contributed by atoms with E-state index < -0.39 is 0 Å². The number of benzene rings is 1. The number of Topliss-reactive ketones (excluding diaryl/α,β-unsaturated/α-hetero) is 2. The SMILES string of the molecule is Br.O=C(CC(=O)c1ccccc1)C1=CC=CN(CCO)C1. The summed E-state index contributed by atoms with van der Waals surface area (Å²) < 4.78 is 0. The number of carbonyl (C=O) groups excluding carboxylic acids is 2. The van der Waals surface area contributed by atoms with Crippen LogP contribution >= 0.6 is 17.0 Å². The largest absolute Gasteiger partial charge is 0.395 e. The number of allylic oxidation sites excluding steroid dienone is 2. The third kappa shape index (κ3) is 4.95. The predicted octanol–water partition coefficient (Wildman–Crippen LogP) is 2.15. The Morgan fingerprint density at radius 2 is 1.86 bits per heavy atom. The summed E-state index contributed by atoms with van der Waals surface area (Å²) in [5, 5.41) is 8.90. The average Bonchev–Trinajstić information content (AvgIpc) is 2.48. The van der Waals surface area contributed by atoms with Crippen LogP contribution in [0.1, 0.15) is 16.8 Å². The summed E-state index contributed by atoms with van der Waals surface area (Å²) >= 11 is 0. The van der Waals surface area contributed by atoms with E-state index in [0.29, 0.717) is 24.2 Å². The predicted molar refractivity (Wildman–Crippen MR) is 86.6 cm³/mol. The molecule has 112 valence electrons. The molecule has 0 aromatic heterocycles. The summed E-state index contributed by atoms with van der Waals surface area (Å²) in [6.07, 6.45) is 5.20. The summed E-state index contributed by atoms with van der Waals surface area (Å²) in [7, 11) is 0. The number of rotatable bonds is 6. The van der Waals surface area contributed by atoms with Gasteiger partial charge in [0.15, 0.2) is 11.6 Å². The Morgan fingerprint density at radius 1 is 1.14 bits per heavy atom. The fourth-order valence-corrected chi connectivity index (χ4v) is 2.05. The molecule has 1 aromatic carbocycles. The Hall–Kier alpha value is -1.72. The molecule has 0 aliphatic carbocycles. The molecule has 1 N–H and O–H groups in total. The number of halogens is 1. The standard InChI is InChI=1S/C16H17NO3.BrH/c18-10-9-17-8-4-7-14(12-17)16(20)11-15(19)13-5-2-1-3-6-13;/h1-8,18H,9-12H2;1H. The quantitative estimate of drug-likeness (QED) is 0.630. The fraction of sp³-hybridized carbons (Fsp3) is 0.250. The fourth-order valence-electron chi connectivity index (χ4n) is 2.05. The van der Waals surface area contributed by atoms with E-state index in [1.165, 1.54) is 0 Å². The van der Waals surface area contributed by atoms with Crippen LogP contribution in [0.4, 0.5) is 0 Å². The number of aliphatic hydroxyl groups is 1. The molecular formula is C16H18BrNO3.